The average Bonchev–Trinajstić information content (AvgIpc) is 3.10. The Labute approximate surface area is 146 Å². The van der Waals surface area contributed by atoms with Gasteiger partial charge in [-0.2, -0.15) is 0 Å². The highest BCUT2D eigenvalue weighted by Gasteiger charge is 2.19. The van der Waals surface area contributed by atoms with Crippen LogP contribution in [0.5, 0.6) is 5.75 Å². The third-order valence-corrected chi connectivity index (χ3v) is 4.10. The minimum atomic E-state index is -0.597. The number of amides is 1. The molecule has 1 N–H and O–H groups in total. The van der Waals surface area contributed by atoms with Crippen LogP contribution in [0.2, 0.25) is 0 Å². The Kier molecular flexibility index (Phi) is 4.66. The van der Waals surface area contributed by atoms with E-state index in [1.807, 2.05) is 12.1 Å². The summed E-state index contributed by atoms with van der Waals surface area (Å²) in [5.41, 5.74) is 1.47. The Bertz CT molecular complexity index is 927. The van der Waals surface area contributed by atoms with Gasteiger partial charge in [0.05, 0.1) is 17.7 Å². The smallest absolute Gasteiger partial charge is 0.311 e. The van der Waals surface area contributed by atoms with Gasteiger partial charge in [0.25, 0.3) is 5.91 Å². The molecule has 8 nitrogen and oxygen atoms in total. The summed E-state index contributed by atoms with van der Waals surface area (Å²) >= 11 is 1.26. The number of hydrogen-bond donors (Lipinski definition) is 1. The first-order valence-electron chi connectivity index (χ1n) is 7.08. The molecular formula is C16H12N4O4S. The summed E-state index contributed by atoms with van der Waals surface area (Å²) in [4.78, 5) is 31.1. The average molecular weight is 356 g/mol. The van der Waals surface area contributed by atoms with Crippen molar-refractivity contribution in [3.63, 3.8) is 0 Å². The molecule has 0 spiro atoms. The Morgan fingerprint density at radius 2 is 2.04 bits per heavy atom. The highest BCUT2D eigenvalue weighted by atomic mass is 32.1. The fourth-order valence-corrected chi connectivity index (χ4v) is 2.84. The van der Waals surface area contributed by atoms with Crippen LogP contribution in [0.15, 0.2) is 48.1 Å². The maximum Gasteiger partial charge on any atom is 0.311 e. The van der Waals surface area contributed by atoms with Crippen LogP contribution in [0.25, 0.3) is 11.3 Å². The number of anilines is 1. The van der Waals surface area contributed by atoms with E-state index in [1.165, 1.54) is 36.6 Å². The number of carbonyl (C=O) groups is 1. The molecule has 2 heterocycles. The Hall–Kier alpha value is -3.33. The van der Waals surface area contributed by atoms with Gasteiger partial charge in [0.2, 0.25) is 0 Å². The van der Waals surface area contributed by atoms with Gasteiger partial charge in [-0.05, 0) is 24.3 Å². The molecular weight excluding hydrogens is 344 g/mol. The fraction of sp³-hybridized carbons (Fsp3) is 0.0625. The van der Waals surface area contributed by atoms with Gasteiger partial charge in [-0.3, -0.25) is 25.2 Å². The van der Waals surface area contributed by atoms with Gasteiger partial charge in [-0.15, -0.1) is 11.3 Å². The number of thiazole rings is 1. The van der Waals surface area contributed by atoms with Crippen molar-refractivity contribution < 1.29 is 14.5 Å². The molecule has 0 aliphatic rings. The molecule has 2 aromatic heterocycles. The van der Waals surface area contributed by atoms with Crippen molar-refractivity contribution in [3.05, 3.63) is 63.8 Å². The third kappa shape index (κ3) is 3.61. The van der Waals surface area contributed by atoms with E-state index in [0.29, 0.717) is 10.8 Å². The van der Waals surface area contributed by atoms with Crippen molar-refractivity contribution in [1.29, 1.82) is 0 Å². The summed E-state index contributed by atoms with van der Waals surface area (Å²) < 4.78 is 4.92. The van der Waals surface area contributed by atoms with Crippen molar-refractivity contribution in [2.75, 3.05) is 12.4 Å². The van der Waals surface area contributed by atoms with E-state index in [2.05, 4.69) is 15.3 Å². The molecule has 3 rings (SSSR count). The monoisotopic (exact) mass is 356 g/mol. The molecule has 0 atom stereocenters. The van der Waals surface area contributed by atoms with Crippen LogP contribution >= 0.6 is 11.3 Å². The summed E-state index contributed by atoms with van der Waals surface area (Å²) in [5.74, 6) is -0.392. The van der Waals surface area contributed by atoms with Gasteiger partial charge in [0.1, 0.15) is 0 Å². The quantitative estimate of drug-likeness (QED) is 0.555. The molecule has 3 aromatic rings. The molecule has 0 saturated carbocycles. The molecule has 1 amide bonds. The molecule has 0 bridgehead atoms. The molecule has 0 radical (unpaired) electrons. The number of nitrogens with one attached hydrogen (secondary N) is 1. The minimum absolute atomic E-state index is 0.0933. The molecule has 9 heteroatoms. The largest absolute Gasteiger partial charge is 0.490 e. The Morgan fingerprint density at radius 1 is 1.28 bits per heavy atom. The molecule has 0 aliphatic carbocycles. The van der Waals surface area contributed by atoms with Crippen LogP contribution in [-0.4, -0.2) is 27.9 Å². The number of nitro groups is 1. The van der Waals surface area contributed by atoms with Crippen molar-refractivity contribution in [1.82, 2.24) is 9.97 Å². The van der Waals surface area contributed by atoms with E-state index in [9.17, 15) is 14.9 Å². The summed E-state index contributed by atoms with van der Waals surface area (Å²) in [5, 5.41) is 15.9. The van der Waals surface area contributed by atoms with E-state index < -0.39 is 10.8 Å². The number of aromatic nitrogens is 2. The molecule has 0 saturated heterocycles. The lowest BCUT2D eigenvalue weighted by molar-refractivity contribution is -0.385. The number of carbonyl (C=O) groups excluding carboxylic acids is 1. The molecule has 126 valence electrons. The number of rotatable bonds is 5. The highest BCUT2D eigenvalue weighted by Crippen LogP contribution is 2.29. The summed E-state index contributed by atoms with van der Waals surface area (Å²) in [6, 6.07) is 7.64. The van der Waals surface area contributed by atoms with Gasteiger partial charge in [-0.25, -0.2) is 4.98 Å². The van der Waals surface area contributed by atoms with E-state index >= 15 is 0 Å². The van der Waals surface area contributed by atoms with Gasteiger partial charge in [0, 0.05) is 35.0 Å². The third-order valence-electron chi connectivity index (χ3n) is 3.34. The number of nitrogens with zero attached hydrogens (tertiary/aromatic N) is 3. The van der Waals surface area contributed by atoms with Crippen LogP contribution < -0.4 is 10.1 Å². The van der Waals surface area contributed by atoms with E-state index in [-0.39, 0.29) is 17.0 Å². The van der Waals surface area contributed by atoms with Gasteiger partial charge in [-0.1, -0.05) is 0 Å². The number of benzene rings is 1. The number of nitro benzene ring substituents is 1. The standard InChI is InChI=1S/C16H12N4O4S/c1-24-14-3-2-11(8-13(14)20(22)23)15(21)19-16-18-12(9-25-16)10-4-6-17-7-5-10/h2-9H,1H3,(H,18,19,21). The molecule has 1 aromatic carbocycles. The number of ether oxygens (including phenoxy) is 1. The number of pyridine rings is 1. The fourth-order valence-electron chi connectivity index (χ4n) is 2.13. The molecule has 0 fully saturated rings. The summed E-state index contributed by atoms with van der Waals surface area (Å²) in [7, 11) is 1.33. The predicted molar refractivity (Wildman–Crippen MR) is 92.9 cm³/mol. The van der Waals surface area contributed by atoms with Crippen LogP contribution in [0.3, 0.4) is 0 Å². The second-order valence-corrected chi connectivity index (χ2v) is 5.73. The maximum absolute atomic E-state index is 12.3. The topological polar surface area (TPSA) is 107 Å². The second-order valence-electron chi connectivity index (χ2n) is 4.87. The lowest BCUT2D eigenvalue weighted by Gasteiger charge is -2.05. The number of methoxy groups -OCH3 is 1. The summed E-state index contributed by atoms with van der Waals surface area (Å²) in [6.07, 6.45) is 3.31. The minimum Gasteiger partial charge on any atom is -0.490 e. The lowest BCUT2D eigenvalue weighted by Crippen LogP contribution is -2.12. The first-order valence-corrected chi connectivity index (χ1v) is 7.96. The molecule has 0 unspecified atom stereocenters. The predicted octanol–water partition coefficient (Wildman–Crippen LogP) is 3.37. The normalized spacial score (nSPS) is 10.3. The number of hydrogen-bond acceptors (Lipinski definition) is 7. The van der Waals surface area contributed by atoms with Crippen molar-refractivity contribution in [2.45, 2.75) is 0 Å². The molecule has 0 aliphatic heterocycles. The maximum atomic E-state index is 12.3. The summed E-state index contributed by atoms with van der Waals surface area (Å²) in [6.45, 7) is 0. The van der Waals surface area contributed by atoms with Crippen LogP contribution in [0.1, 0.15) is 10.4 Å². The highest BCUT2D eigenvalue weighted by molar-refractivity contribution is 7.14. The van der Waals surface area contributed by atoms with Crippen molar-refractivity contribution in [3.8, 4) is 17.0 Å². The Morgan fingerprint density at radius 3 is 2.72 bits per heavy atom. The zero-order valence-corrected chi connectivity index (χ0v) is 13.8. The van der Waals surface area contributed by atoms with Gasteiger partial charge in [0.15, 0.2) is 10.9 Å². The Balaban J connectivity index is 1.80. The van der Waals surface area contributed by atoms with Crippen LogP contribution in [0.4, 0.5) is 10.8 Å². The van der Waals surface area contributed by atoms with E-state index in [1.54, 1.807) is 17.8 Å². The lowest BCUT2D eigenvalue weighted by atomic mass is 10.2. The first kappa shape index (κ1) is 16.5. The van der Waals surface area contributed by atoms with E-state index in [0.717, 1.165) is 5.56 Å². The van der Waals surface area contributed by atoms with Gasteiger partial charge < -0.3 is 4.74 Å². The zero-order valence-electron chi connectivity index (χ0n) is 13.0. The van der Waals surface area contributed by atoms with Crippen molar-refractivity contribution >= 4 is 28.1 Å². The zero-order chi connectivity index (χ0) is 17.8. The van der Waals surface area contributed by atoms with Crippen LogP contribution in [-0.2, 0) is 0 Å². The molecule has 25 heavy (non-hydrogen) atoms. The SMILES string of the molecule is COc1ccc(C(=O)Nc2nc(-c3ccncc3)cs2)cc1[N+](=O)[O-]. The van der Waals surface area contributed by atoms with Crippen molar-refractivity contribution in [2.24, 2.45) is 0 Å². The first-order chi connectivity index (χ1) is 12.1. The van der Waals surface area contributed by atoms with Crippen LogP contribution in [0, 0.1) is 10.1 Å². The van der Waals surface area contributed by atoms with Gasteiger partial charge >= 0.3 is 5.69 Å². The second kappa shape index (κ2) is 7.05. The van der Waals surface area contributed by atoms with E-state index in [4.69, 9.17) is 4.74 Å².